The molecule has 3 rings (SSSR count). The zero-order valence-electron chi connectivity index (χ0n) is 23.7. The van der Waals surface area contributed by atoms with Gasteiger partial charge in [-0.1, -0.05) is 46.5 Å². The second kappa shape index (κ2) is 12.4. The van der Waals surface area contributed by atoms with Crippen LogP contribution in [0.5, 0.6) is 0 Å². The molecule has 0 fully saturated rings. The van der Waals surface area contributed by atoms with Crippen molar-refractivity contribution < 1.29 is 0 Å². The lowest BCUT2D eigenvalue weighted by Crippen LogP contribution is -2.25. The third-order valence-corrected chi connectivity index (χ3v) is 7.00. The van der Waals surface area contributed by atoms with Crippen LogP contribution in [0.3, 0.4) is 0 Å². The van der Waals surface area contributed by atoms with Gasteiger partial charge in [-0.05, 0) is 82.7 Å². The normalized spacial score (nSPS) is 12.2. The molecule has 2 heterocycles. The Labute approximate surface area is 216 Å². The van der Waals surface area contributed by atoms with E-state index in [0.29, 0.717) is 5.65 Å². The molecular weight excluding hydrogens is 446 g/mol. The van der Waals surface area contributed by atoms with Crippen molar-refractivity contribution in [2.45, 2.75) is 99.8 Å². The number of aromatic amines is 1. The first kappa shape index (κ1) is 27.7. The smallest absolute Gasteiger partial charge is 0.276 e. The van der Waals surface area contributed by atoms with Crippen molar-refractivity contribution in [3.63, 3.8) is 0 Å². The summed E-state index contributed by atoms with van der Waals surface area (Å²) >= 11 is 0. The summed E-state index contributed by atoms with van der Waals surface area (Å²) < 4.78 is 1.62. The van der Waals surface area contributed by atoms with Crippen LogP contribution < -0.4 is 21.2 Å². The van der Waals surface area contributed by atoms with E-state index >= 15 is 0 Å². The van der Waals surface area contributed by atoms with E-state index in [2.05, 4.69) is 69.7 Å². The highest BCUT2D eigenvalue weighted by atomic mass is 16.1. The van der Waals surface area contributed by atoms with Crippen molar-refractivity contribution in [1.29, 1.82) is 0 Å². The Hall–Kier alpha value is -2.89. The molecule has 6 nitrogen and oxygen atoms in total. The number of rotatable bonds is 11. The first-order valence-corrected chi connectivity index (χ1v) is 13.8. The summed E-state index contributed by atoms with van der Waals surface area (Å²) in [5.74, 6) is 0.168. The second-order valence-electron chi connectivity index (χ2n) is 10.3. The maximum absolute atomic E-state index is 13.7. The zero-order chi connectivity index (χ0) is 26.4. The molecule has 0 aliphatic carbocycles. The maximum atomic E-state index is 13.7. The number of nitrogens with one attached hydrogen (secondary N) is 1. The van der Waals surface area contributed by atoms with Gasteiger partial charge in [-0.3, -0.25) is 9.89 Å². The number of hydrogen-bond donors (Lipinski definition) is 1. The van der Waals surface area contributed by atoms with Gasteiger partial charge < -0.3 is 4.90 Å². The molecule has 0 unspecified atom stereocenters. The molecule has 0 aliphatic rings. The van der Waals surface area contributed by atoms with Gasteiger partial charge >= 0.3 is 0 Å². The van der Waals surface area contributed by atoms with Crippen LogP contribution in [0, 0.1) is 6.92 Å². The largest absolute Gasteiger partial charge is 0.372 e. The quantitative estimate of drug-likeness (QED) is 0.337. The molecule has 2 aromatic heterocycles. The number of benzene rings is 1. The number of H-pyrrole nitrogens is 1. The predicted molar refractivity (Wildman–Crippen MR) is 152 cm³/mol. The van der Waals surface area contributed by atoms with E-state index < -0.39 is 0 Å². The summed E-state index contributed by atoms with van der Waals surface area (Å²) in [5, 5.41) is 4.94. The molecule has 0 saturated carbocycles. The van der Waals surface area contributed by atoms with Gasteiger partial charge in [0.2, 0.25) is 0 Å². The maximum Gasteiger partial charge on any atom is 0.276 e. The number of aryl methyl sites for hydroxylation is 1. The number of aromatic nitrogens is 3. The average Bonchev–Trinajstić information content (AvgIpc) is 3.21. The van der Waals surface area contributed by atoms with E-state index in [1.807, 2.05) is 13.8 Å². The topological polar surface area (TPSA) is 65.8 Å². The monoisotopic (exact) mass is 491 g/mol. The summed E-state index contributed by atoms with van der Waals surface area (Å²) in [6.07, 6.45) is 6.62. The molecule has 6 heteroatoms. The Morgan fingerprint density at radius 1 is 1.08 bits per heavy atom. The highest BCUT2D eigenvalue weighted by Crippen LogP contribution is 2.24. The van der Waals surface area contributed by atoms with Crippen molar-refractivity contribution >= 4 is 22.6 Å². The van der Waals surface area contributed by atoms with Gasteiger partial charge in [0, 0.05) is 24.3 Å². The second-order valence-corrected chi connectivity index (χ2v) is 10.3. The van der Waals surface area contributed by atoms with Gasteiger partial charge in [0.1, 0.15) is 5.36 Å². The highest BCUT2D eigenvalue weighted by molar-refractivity contribution is 5.58. The van der Waals surface area contributed by atoms with Crippen LogP contribution in [0.1, 0.15) is 103 Å². The third kappa shape index (κ3) is 5.91. The Morgan fingerprint density at radius 3 is 2.36 bits per heavy atom. The Bertz CT molecular complexity index is 1350. The Balaban J connectivity index is 2.20. The number of anilines is 1. The van der Waals surface area contributed by atoms with E-state index in [0.717, 1.165) is 71.1 Å². The molecule has 0 aliphatic heterocycles. The van der Waals surface area contributed by atoms with Crippen molar-refractivity contribution in [1.82, 2.24) is 14.6 Å². The predicted octanol–water partition coefficient (Wildman–Crippen LogP) is 5.96. The summed E-state index contributed by atoms with van der Waals surface area (Å²) in [5.41, 5.74) is 6.64. The zero-order valence-corrected chi connectivity index (χ0v) is 23.7. The van der Waals surface area contributed by atoms with Crippen molar-refractivity contribution in [2.24, 2.45) is 4.99 Å². The van der Waals surface area contributed by atoms with Crippen LogP contribution in [0.4, 0.5) is 11.4 Å². The molecule has 0 bridgehead atoms. The third-order valence-electron chi connectivity index (χ3n) is 7.00. The number of unbranched alkanes of at least 4 members (excludes halogenated alkanes) is 4. The lowest BCUT2D eigenvalue weighted by molar-refractivity contribution is 0.623. The standard InChI is InChI=1S/C30H45N5O/c1-9-12-13-14-15-16-24-26(20(4)5)32-29-28(27(21(6)7)33-35(29)30(24)36)31-25-18-17-23(19-22(25)8)34(10-2)11-3/h17-20,33H,9-16H2,1-8H3. The van der Waals surface area contributed by atoms with Crippen LogP contribution in [-0.2, 0) is 6.42 Å². The molecule has 1 aromatic carbocycles. The van der Waals surface area contributed by atoms with E-state index in [1.165, 1.54) is 24.9 Å². The fourth-order valence-electron chi connectivity index (χ4n) is 4.85. The van der Waals surface area contributed by atoms with Crippen LogP contribution in [0.15, 0.2) is 28.0 Å². The molecule has 0 amide bonds. The van der Waals surface area contributed by atoms with Crippen molar-refractivity contribution in [3.8, 4) is 0 Å². The van der Waals surface area contributed by atoms with E-state index in [-0.39, 0.29) is 11.5 Å². The van der Waals surface area contributed by atoms with Crippen LogP contribution in [-0.4, -0.2) is 27.7 Å². The van der Waals surface area contributed by atoms with Gasteiger partial charge in [-0.15, -0.1) is 0 Å². The van der Waals surface area contributed by atoms with E-state index in [1.54, 1.807) is 4.52 Å². The van der Waals surface area contributed by atoms with Crippen LogP contribution >= 0.6 is 0 Å². The summed E-state index contributed by atoms with van der Waals surface area (Å²) in [6.45, 7) is 18.9. The molecule has 196 valence electrons. The molecule has 0 radical (unpaired) electrons. The van der Waals surface area contributed by atoms with Crippen molar-refractivity contribution in [3.05, 3.63) is 56.1 Å². The Kier molecular flexibility index (Phi) is 9.52. The number of hydrogen-bond acceptors (Lipinski definition) is 4. The summed E-state index contributed by atoms with van der Waals surface area (Å²) in [7, 11) is 0. The van der Waals surface area contributed by atoms with E-state index in [4.69, 9.17) is 9.98 Å². The van der Waals surface area contributed by atoms with Crippen molar-refractivity contribution in [2.75, 3.05) is 18.0 Å². The fraction of sp³-hybridized carbons (Fsp3) is 0.567. The Morgan fingerprint density at radius 2 is 1.78 bits per heavy atom. The highest BCUT2D eigenvalue weighted by Gasteiger charge is 2.18. The molecule has 0 atom stereocenters. The summed E-state index contributed by atoms with van der Waals surface area (Å²) in [6, 6.07) is 6.40. The fourth-order valence-corrected chi connectivity index (χ4v) is 4.85. The first-order valence-electron chi connectivity index (χ1n) is 13.8. The van der Waals surface area contributed by atoms with Crippen LogP contribution in [0.25, 0.3) is 11.2 Å². The lowest BCUT2D eigenvalue weighted by Gasteiger charge is -2.21. The molecule has 0 saturated heterocycles. The van der Waals surface area contributed by atoms with Gasteiger partial charge in [0.25, 0.3) is 5.56 Å². The number of fused-ring (bicyclic) bond motifs is 1. The molecule has 0 spiro atoms. The van der Waals surface area contributed by atoms with Gasteiger partial charge in [0.15, 0.2) is 5.65 Å². The molecule has 3 aromatic rings. The summed E-state index contributed by atoms with van der Waals surface area (Å²) in [4.78, 5) is 26.2. The lowest BCUT2D eigenvalue weighted by atomic mass is 9.99. The van der Waals surface area contributed by atoms with E-state index in [9.17, 15) is 4.79 Å². The SMILES string of the molecule is CCCCCCCc1c(C(C)C)nc2c(=Nc3ccc(N(CC)CC)cc3C)c(=C(C)C)[nH]n2c1=O. The van der Waals surface area contributed by atoms with Gasteiger partial charge in [-0.2, -0.15) is 4.52 Å². The van der Waals surface area contributed by atoms with Gasteiger partial charge in [0.05, 0.1) is 16.7 Å². The molecule has 36 heavy (non-hydrogen) atoms. The number of nitrogens with zero attached hydrogens (tertiary/aromatic N) is 4. The minimum atomic E-state index is 0.0109. The van der Waals surface area contributed by atoms with Crippen LogP contribution in [0.2, 0.25) is 0 Å². The molecular formula is C30H45N5O. The minimum absolute atomic E-state index is 0.0109. The van der Waals surface area contributed by atoms with Gasteiger partial charge in [-0.25, -0.2) is 9.98 Å². The molecule has 1 N–H and O–H groups in total. The minimum Gasteiger partial charge on any atom is -0.372 e. The average molecular weight is 492 g/mol. The first-order chi connectivity index (χ1) is 17.2.